The molecule has 2 aromatic rings. The molecule has 0 amide bonds. The van der Waals surface area contributed by atoms with Crippen LogP contribution in [0.1, 0.15) is 33.1 Å². The second kappa shape index (κ2) is 4.90. The molecule has 0 spiro atoms. The smallest absolute Gasteiger partial charge is 0.168 e. The summed E-state index contributed by atoms with van der Waals surface area (Å²) in [5.74, 6) is 0.669. The van der Waals surface area contributed by atoms with Gasteiger partial charge < -0.3 is 0 Å². The van der Waals surface area contributed by atoms with Crippen LogP contribution in [0.25, 0.3) is 0 Å². The summed E-state index contributed by atoms with van der Waals surface area (Å²) in [5.41, 5.74) is 3.78. The summed E-state index contributed by atoms with van der Waals surface area (Å²) in [5, 5.41) is 0. The minimum Gasteiger partial charge on any atom is -0.296 e. The highest BCUT2D eigenvalue weighted by molar-refractivity contribution is 5.74. The molecular formula is C15H15N3O. The first-order valence-electron chi connectivity index (χ1n) is 6.34. The third kappa shape index (κ3) is 2.39. The lowest BCUT2D eigenvalue weighted by atomic mass is 10.2. The van der Waals surface area contributed by atoms with E-state index < -0.39 is 0 Å². The molecule has 0 fully saturated rings. The highest BCUT2D eigenvalue weighted by Gasteiger charge is 2.24. The van der Waals surface area contributed by atoms with Gasteiger partial charge in [-0.3, -0.25) is 9.69 Å². The lowest BCUT2D eigenvalue weighted by Crippen LogP contribution is -2.15. The molecule has 96 valence electrons. The van der Waals surface area contributed by atoms with Gasteiger partial charge in [0, 0.05) is 25.2 Å². The predicted octanol–water partition coefficient (Wildman–Crippen LogP) is 2.11. The third-order valence-electron chi connectivity index (χ3n) is 3.35. The van der Waals surface area contributed by atoms with Gasteiger partial charge in [0.15, 0.2) is 6.29 Å². The van der Waals surface area contributed by atoms with Crippen molar-refractivity contribution in [2.24, 2.45) is 0 Å². The fourth-order valence-electron chi connectivity index (χ4n) is 2.52. The SMILES string of the molecule is Cc1nc(C=O)c2c(n1)CN(Cc1ccccc1)C2. The topological polar surface area (TPSA) is 46.1 Å². The number of carbonyl (C=O) groups is 1. The Morgan fingerprint density at radius 1 is 1.21 bits per heavy atom. The van der Waals surface area contributed by atoms with Gasteiger partial charge in [-0.2, -0.15) is 0 Å². The number of hydrogen-bond donors (Lipinski definition) is 0. The first-order valence-corrected chi connectivity index (χ1v) is 6.34. The van der Waals surface area contributed by atoms with E-state index in [0.717, 1.165) is 37.2 Å². The fourth-order valence-corrected chi connectivity index (χ4v) is 2.52. The molecule has 4 nitrogen and oxygen atoms in total. The van der Waals surface area contributed by atoms with Crippen molar-refractivity contribution in [3.05, 3.63) is 58.7 Å². The minimum atomic E-state index is 0.540. The molecule has 0 saturated carbocycles. The number of hydrogen-bond acceptors (Lipinski definition) is 4. The Morgan fingerprint density at radius 2 is 2.00 bits per heavy atom. The van der Waals surface area contributed by atoms with E-state index in [2.05, 4.69) is 27.0 Å². The number of aldehydes is 1. The molecular weight excluding hydrogens is 238 g/mol. The van der Waals surface area contributed by atoms with E-state index in [4.69, 9.17) is 0 Å². The average molecular weight is 253 g/mol. The van der Waals surface area contributed by atoms with E-state index in [0.29, 0.717) is 11.5 Å². The summed E-state index contributed by atoms with van der Waals surface area (Å²) in [6.45, 7) is 4.23. The molecule has 1 aromatic carbocycles. The monoisotopic (exact) mass is 253 g/mol. The van der Waals surface area contributed by atoms with Crippen molar-refractivity contribution < 1.29 is 4.79 Å². The molecule has 4 heteroatoms. The van der Waals surface area contributed by atoms with E-state index >= 15 is 0 Å². The summed E-state index contributed by atoms with van der Waals surface area (Å²) in [4.78, 5) is 22.0. The van der Waals surface area contributed by atoms with Crippen LogP contribution in [0.15, 0.2) is 30.3 Å². The molecule has 0 unspecified atom stereocenters. The zero-order valence-electron chi connectivity index (χ0n) is 10.8. The van der Waals surface area contributed by atoms with Crippen molar-refractivity contribution in [2.75, 3.05) is 0 Å². The van der Waals surface area contributed by atoms with Crippen LogP contribution >= 0.6 is 0 Å². The van der Waals surface area contributed by atoms with Crippen LogP contribution in [0.4, 0.5) is 0 Å². The van der Waals surface area contributed by atoms with Crippen molar-refractivity contribution in [3.63, 3.8) is 0 Å². The lowest BCUT2D eigenvalue weighted by molar-refractivity contribution is 0.111. The predicted molar refractivity (Wildman–Crippen MR) is 71.5 cm³/mol. The van der Waals surface area contributed by atoms with Gasteiger partial charge in [-0.1, -0.05) is 30.3 Å². The lowest BCUT2D eigenvalue weighted by Gasteiger charge is -2.14. The third-order valence-corrected chi connectivity index (χ3v) is 3.35. The highest BCUT2D eigenvalue weighted by Crippen LogP contribution is 2.24. The van der Waals surface area contributed by atoms with Crippen LogP contribution in [-0.2, 0) is 19.6 Å². The van der Waals surface area contributed by atoms with Crippen LogP contribution < -0.4 is 0 Å². The number of nitrogens with zero attached hydrogens (tertiary/aromatic N) is 3. The maximum Gasteiger partial charge on any atom is 0.168 e. The fraction of sp³-hybridized carbons (Fsp3) is 0.267. The Kier molecular flexibility index (Phi) is 3.09. The first kappa shape index (κ1) is 12.0. The van der Waals surface area contributed by atoms with Crippen molar-refractivity contribution in [3.8, 4) is 0 Å². The zero-order chi connectivity index (χ0) is 13.2. The molecule has 1 aromatic heterocycles. The van der Waals surface area contributed by atoms with E-state index in [1.807, 2.05) is 25.1 Å². The van der Waals surface area contributed by atoms with E-state index in [1.165, 1.54) is 5.56 Å². The molecule has 2 heterocycles. The Labute approximate surface area is 112 Å². The summed E-state index contributed by atoms with van der Waals surface area (Å²) in [6, 6.07) is 10.3. The summed E-state index contributed by atoms with van der Waals surface area (Å²) < 4.78 is 0. The molecule has 1 aliphatic heterocycles. The largest absolute Gasteiger partial charge is 0.296 e. The van der Waals surface area contributed by atoms with Gasteiger partial charge in [-0.05, 0) is 12.5 Å². The maximum atomic E-state index is 11.1. The standard InChI is InChI=1S/C15H15N3O/c1-11-16-14-9-18(7-12-5-3-2-4-6-12)8-13(14)15(10-19)17-11/h2-6,10H,7-9H2,1H3. The molecule has 19 heavy (non-hydrogen) atoms. The average Bonchev–Trinajstić information content (AvgIpc) is 2.81. The van der Waals surface area contributed by atoms with Gasteiger partial charge in [0.05, 0.1) is 5.69 Å². The second-order valence-corrected chi connectivity index (χ2v) is 4.83. The number of rotatable bonds is 3. The molecule has 0 aliphatic carbocycles. The molecule has 0 bridgehead atoms. The molecule has 1 aliphatic rings. The molecule has 0 radical (unpaired) electrons. The van der Waals surface area contributed by atoms with Crippen molar-refractivity contribution in [1.82, 2.24) is 14.9 Å². The molecule has 0 atom stereocenters. The normalized spacial score (nSPS) is 14.4. The van der Waals surface area contributed by atoms with E-state index in [9.17, 15) is 4.79 Å². The Balaban J connectivity index is 1.82. The summed E-state index contributed by atoms with van der Waals surface area (Å²) in [7, 11) is 0. The van der Waals surface area contributed by atoms with Gasteiger partial charge in [-0.15, -0.1) is 0 Å². The van der Waals surface area contributed by atoms with Crippen molar-refractivity contribution >= 4 is 6.29 Å². The molecule has 0 saturated heterocycles. The van der Waals surface area contributed by atoms with Gasteiger partial charge >= 0.3 is 0 Å². The maximum absolute atomic E-state index is 11.1. The Morgan fingerprint density at radius 3 is 2.74 bits per heavy atom. The van der Waals surface area contributed by atoms with Crippen molar-refractivity contribution in [2.45, 2.75) is 26.6 Å². The van der Waals surface area contributed by atoms with Gasteiger partial charge in [0.1, 0.15) is 11.5 Å². The van der Waals surface area contributed by atoms with Crippen LogP contribution in [0.3, 0.4) is 0 Å². The van der Waals surface area contributed by atoms with Crippen LogP contribution in [0.5, 0.6) is 0 Å². The first-order chi connectivity index (χ1) is 9.26. The quantitative estimate of drug-likeness (QED) is 0.786. The zero-order valence-corrected chi connectivity index (χ0v) is 10.8. The number of carbonyl (C=O) groups excluding carboxylic acids is 1. The van der Waals surface area contributed by atoms with Gasteiger partial charge in [0.25, 0.3) is 0 Å². The number of benzene rings is 1. The van der Waals surface area contributed by atoms with Crippen LogP contribution in [0.2, 0.25) is 0 Å². The number of fused-ring (bicyclic) bond motifs is 1. The molecule has 3 rings (SSSR count). The number of aryl methyl sites for hydroxylation is 1. The number of aromatic nitrogens is 2. The van der Waals surface area contributed by atoms with Gasteiger partial charge in [0.2, 0.25) is 0 Å². The molecule has 0 N–H and O–H groups in total. The Hall–Kier alpha value is -2.07. The summed E-state index contributed by atoms with van der Waals surface area (Å²) >= 11 is 0. The second-order valence-electron chi connectivity index (χ2n) is 4.83. The Bertz CT molecular complexity index is 610. The van der Waals surface area contributed by atoms with Crippen LogP contribution in [-0.4, -0.2) is 21.2 Å². The van der Waals surface area contributed by atoms with E-state index in [-0.39, 0.29) is 0 Å². The van der Waals surface area contributed by atoms with Gasteiger partial charge in [-0.25, -0.2) is 9.97 Å². The summed E-state index contributed by atoms with van der Waals surface area (Å²) in [6.07, 6.45) is 0.833. The highest BCUT2D eigenvalue weighted by atomic mass is 16.1. The minimum absolute atomic E-state index is 0.540. The van der Waals surface area contributed by atoms with Crippen LogP contribution in [0, 0.1) is 6.92 Å². The van der Waals surface area contributed by atoms with E-state index in [1.54, 1.807) is 0 Å². The van der Waals surface area contributed by atoms with Crippen molar-refractivity contribution in [1.29, 1.82) is 0 Å².